The smallest absolute Gasteiger partial charge is 0.136 e. The molecule has 57 heavy (non-hydrogen) atoms. The first kappa shape index (κ1) is 32.8. The zero-order valence-electron chi connectivity index (χ0n) is 31.1. The second-order valence-corrected chi connectivity index (χ2v) is 14.5. The molecule has 268 valence electrons. The van der Waals surface area contributed by atoms with Crippen molar-refractivity contribution in [1.82, 2.24) is 4.57 Å². The van der Waals surface area contributed by atoms with E-state index in [9.17, 15) is 0 Å². The predicted octanol–water partition coefficient (Wildman–Crippen LogP) is 15.2. The van der Waals surface area contributed by atoms with Crippen molar-refractivity contribution in [3.05, 3.63) is 218 Å². The summed E-state index contributed by atoms with van der Waals surface area (Å²) in [6, 6.07) is 78.0. The quantitative estimate of drug-likeness (QED) is 0.163. The van der Waals surface area contributed by atoms with Gasteiger partial charge in [-0.2, -0.15) is 0 Å². The van der Waals surface area contributed by atoms with E-state index in [1.165, 1.54) is 49.6 Å². The van der Waals surface area contributed by atoms with E-state index >= 15 is 0 Å². The molecule has 0 saturated heterocycles. The molecule has 2 heterocycles. The Bertz CT molecular complexity index is 3160. The Balaban J connectivity index is 0.892. The summed E-state index contributed by atoms with van der Waals surface area (Å²) in [6.45, 7) is 0. The van der Waals surface area contributed by atoms with E-state index in [0.29, 0.717) is 0 Å². The van der Waals surface area contributed by atoms with Gasteiger partial charge in [0.2, 0.25) is 0 Å². The van der Waals surface area contributed by atoms with Crippen molar-refractivity contribution in [1.29, 1.82) is 0 Å². The lowest BCUT2D eigenvalue weighted by atomic mass is 9.98. The zero-order chi connectivity index (χ0) is 37.7. The lowest BCUT2D eigenvalue weighted by molar-refractivity contribution is 0.669. The molecule has 0 fully saturated rings. The minimum absolute atomic E-state index is 0.906. The highest BCUT2D eigenvalue weighted by Gasteiger charge is 2.16. The first-order chi connectivity index (χ1) is 28.3. The van der Waals surface area contributed by atoms with Crippen molar-refractivity contribution in [3.8, 4) is 39.1 Å². The van der Waals surface area contributed by atoms with Crippen LogP contribution in [0.4, 0.5) is 17.1 Å². The highest BCUT2D eigenvalue weighted by molar-refractivity contribution is 6.12. The van der Waals surface area contributed by atoms with E-state index in [-0.39, 0.29) is 0 Å². The Morgan fingerprint density at radius 1 is 0.333 bits per heavy atom. The molecule has 0 bridgehead atoms. The third-order valence-electron chi connectivity index (χ3n) is 11.2. The SMILES string of the molecule is c1ccc(N(c2ccc(-c3ccc(-c4cccc(-n5c6ccccc6c6ccccc65)c4)cc3)cc2)c2ccc(-c3cccc4oc5ccccc5c34)cc2)cc1. The lowest BCUT2D eigenvalue weighted by Gasteiger charge is -2.26. The van der Waals surface area contributed by atoms with Gasteiger partial charge in [0.1, 0.15) is 11.2 Å². The number of benzene rings is 9. The average Bonchev–Trinajstić information content (AvgIpc) is 3.84. The fraction of sp³-hybridized carbons (Fsp3) is 0. The third-order valence-corrected chi connectivity index (χ3v) is 11.2. The van der Waals surface area contributed by atoms with Crippen LogP contribution in [-0.4, -0.2) is 4.57 Å². The van der Waals surface area contributed by atoms with Gasteiger partial charge in [-0.25, -0.2) is 0 Å². The summed E-state index contributed by atoms with van der Waals surface area (Å²) in [4.78, 5) is 2.31. The van der Waals surface area contributed by atoms with Crippen LogP contribution in [0.2, 0.25) is 0 Å². The van der Waals surface area contributed by atoms with Crippen molar-refractivity contribution < 1.29 is 4.42 Å². The summed E-state index contributed by atoms with van der Waals surface area (Å²) in [7, 11) is 0. The maximum atomic E-state index is 6.19. The summed E-state index contributed by atoms with van der Waals surface area (Å²) in [6.07, 6.45) is 0. The minimum Gasteiger partial charge on any atom is -0.456 e. The normalized spacial score (nSPS) is 11.5. The second-order valence-electron chi connectivity index (χ2n) is 14.5. The fourth-order valence-electron chi connectivity index (χ4n) is 8.51. The maximum Gasteiger partial charge on any atom is 0.136 e. The van der Waals surface area contributed by atoms with Gasteiger partial charge in [-0.3, -0.25) is 0 Å². The molecular formula is C54H36N2O. The molecule has 0 radical (unpaired) electrons. The van der Waals surface area contributed by atoms with Crippen molar-refractivity contribution in [2.45, 2.75) is 0 Å². The van der Waals surface area contributed by atoms with Crippen LogP contribution in [0.1, 0.15) is 0 Å². The van der Waals surface area contributed by atoms with Crippen LogP contribution >= 0.6 is 0 Å². The summed E-state index contributed by atoms with van der Waals surface area (Å²) < 4.78 is 8.57. The molecule has 0 N–H and O–H groups in total. The van der Waals surface area contributed by atoms with Gasteiger partial charge in [0.05, 0.1) is 11.0 Å². The highest BCUT2D eigenvalue weighted by atomic mass is 16.3. The monoisotopic (exact) mass is 728 g/mol. The van der Waals surface area contributed by atoms with Crippen LogP contribution < -0.4 is 4.90 Å². The molecule has 2 aromatic heterocycles. The van der Waals surface area contributed by atoms with Gasteiger partial charge in [0.25, 0.3) is 0 Å². The molecule has 0 spiro atoms. The Kier molecular flexibility index (Phi) is 7.82. The summed E-state index contributed by atoms with van der Waals surface area (Å²) in [5.74, 6) is 0. The molecule has 11 aromatic rings. The Morgan fingerprint density at radius 2 is 0.825 bits per heavy atom. The number of para-hydroxylation sites is 4. The van der Waals surface area contributed by atoms with E-state index in [4.69, 9.17) is 4.42 Å². The molecule has 3 heteroatoms. The van der Waals surface area contributed by atoms with E-state index in [0.717, 1.165) is 50.3 Å². The molecule has 0 aliphatic carbocycles. The van der Waals surface area contributed by atoms with Gasteiger partial charge in [-0.15, -0.1) is 0 Å². The third kappa shape index (κ3) is 5.68. The Morgan fingerprint density at radius 3 is 1.49 bits per heavy atom. The topological polar surface area (TPSA) is 21.3 Å². The van der Waals surface area contributed by atoms with Crippen LogP contribution in [-0.2, 0) is 0 Å². The predicted molar refractivity (Wildman–Crippen MR) is 239 cm³/mol. The van der Waals surface area contributed by atoms with E-state index in [1.54, 1.807) is 0 Å². The highest BCUT2D eigenvalue weighted by Crippen LogP contribution is 2.40. The van der Waals surface area contributed by atoms with Gasteiger partial charge < -0.3 is 13.9 Å². The van der Waals surface area contributed by atoms with Gasteiger partial charge in [0, 0.05) is 44.3 Å². The zero-order valence-corrected chi connectivity index (χ0v) is 31.1. The van der Waals surface area contributed by atoms with Crippen molar-refractivity contribution in [3.63, 3.8) is 0 Å². The molecule has 0 aliphatic heterocycles. The first-order valence-electron chi connectivity index (χ1n) is 19.4. The number of furan rings is 1. The summed E-state index contributed by atoms with van der Waals surface area (Å²) in [5.41, 5.74) is 15.8. The molecule has 3 nitrogen and oxygen atoms in total. The number of rotatable bonds is 7. The van der Waals surface area contributed by atoms with E-state index < -0.39 is 0 Å². The Labute approximate surface area is 330 Å². The van der Waals surface area contributed by atoms with Crippen molar-refractivity contribution >= 4 is 60.8 Å². The maximum absolute atomic E-state index is 6.19. The van der Waals surface area contributed by atoms with Crippen LogP contribution in [0.15, 0.2) is 223 Å². The van der Waals surface area contributed by atoms with Crippen molar-refractivity contribution in [2.24, 2.45) is 0 Å². The second kappa shape index (κ2) is 13.6. The number of nitrogens with zero attached hydrogens (tertiary/aromatic N) is 2. The Hall–Kier alpha value is -7.62. The fourth-order valence-corrected chi connectivity index (χ4v) is 8.51. The number of fused-ring (bicyclic) bond motifs is 6. The molecule has 11 rings (SSSR count). The number of hydrogen-bond donors (Lipinski definition) is 0. The number of anilines is 3. The summed E-state index contributed by atoms with van der Waals surface area (Å²) in [5, 5.41) is 4.83. The summed E-state index contributed by atoms with van der Waals surface area (Å²) >= 11 is 0. The molecule has 0 aliphatic rings. The number of hydrogen-bond acceptors (Lipinski definition) is 2. The first-order valence-corrected chi connectivity index (χ1v) is 19.4. The van der Waals surface area contributed by atoms with E-state index in [1.807, 2.05) is 12.1 Å². The van der Waals surface area contributed by atoms with Gasteiger partial charge in [-0.1, -0.05) is 146 Å². The molecule has 0 saturated carbocycles. The minimum atomic E-state index is 0.906. The largest absolute Gasteiger partial charge is 0.456 e. The standard InChI is InChI=1S/C54H36N2O/c1-2-13-42(14-3-1)55(44-34-30-40(31-35-44)46-19-11-23-53-54(46)49-18-6-9-22-52(49)57-53)43-32-28-38(29-33-43)37-24-26-39(27-25-37)41-12-10-15-45(36-41)56-50-20-7-4-16-47(50)48-17-5-8-21-51(48)56/h1-36H. The molecule has 9 aromatic carbocycles. The van der Waals surface area contributed by atoms with Crippen LogP contribution in [0.3, 0.4) is 0 Å². The molecular weight excluding hydrogens is 693 g/mol. The van der Waals surface area contributed by atoms with Gasteiger partial charge >= 0.3 is 0 Å². The van der Waals surface area contributed by atoms with Crippen molar-refractivity contribution in [2.75, 3.05) is 4.90 Å². The molecule has 0 atom stereocenters. The molecule has 0 amide bonds. The van der Waals surface area contributed by atoms with Crippen LogP contribution in [0.5, 0.6) is 0 Å². The number of aromatic nitrogens is 1. The van der Waals surface area contributed by atoms with Gasteiger partial charge in [0.15, 0.2) is 0 Å². The average molecular weight is 729 g/mol. The van der Waals surface area contributed by atoms with E-state index in [2.05, 4.69) is 216 Å². The molecule has 0 unspecified atom stereocenters. The van der Waals surface area contributed by atoms with Gasteiger partial charge in [-0.05, 0) is 106 Å². The van der Waals surface area contributed by atoms with Crippen LogP contribution in [0, 0.1) is 0 Å². The van der Waals surface area contributed by atoms with Crippen LogP contribution in [0.25, 0.3) is 82.8 Å². The lowest BCUT2D eigenvalue weighted by Crippen LogP contribution is -2.09.